The van der Waals surface area contributed by atoms with E-state index in [0.29, 0.717) is 12.4 Å². The van der Waals surface area contributed by atoms with Gasteiger partial charge in [-0.05, 0) is 18.9 Å². The molecule has 2 N–H and O–H groups in total. The molecule has 0 unspecified atom stereocenters. The number of hydrogen-bond donors (Lipinski definition) is 2. The maximum absolute atomic E-state index is 9.66. The van der Waals surface area contributed by atoms with Gasteiger partial charge >= 0.3 is 0 Å². The fourth-order valence-electron chi connectivity index (χ4n) is 2.18. The van der Waals surface area contributed by atoms with E-state index in [-0.39, 0.29) is 12.0 Å². The Hall–Kier alpha value is -1.49. The maximum Gasteiger partial charge on any atom is 0.239 e. The molecular weight excluding hydrogens is 254 g/mol. The molecule has 1 aromatic rings. The summed E-state index contributed by atoms with van der Waals surface area (Å²) in [5.41, 5.74) is 1.79. The molecular formula is C15H27N3O2. The summed E-state index contributed by atoms with van der Waals surface area (Å²) >= 11 is 0. The Bertz CT molecular complexity index is 409. The van der Waals surface area contributed by atoms with Crippen molar-refractivity contribution in [1.29, 1.82) is 0 Å². The van der Waals surface area contributed by atoms with Gasteiger partial charge in [-0.15, -0.1) is 0 Å². The van der Waals surface area contributed by atoms with Gasteiger partial charge in [0.1, 0.15) is 5.69 Å². The summed E-state index contributed by atoms with van der Waals surface area (Å²) in [5.74, 6) is 0.579. The number of ether oxygens (including phenoxy) is 1. The predicted molar refractivity (Wildman–Crippen MR) is 83.7 cm³/mol. The molecule has 5 nitrogen and oxygen atoms in total. The molecule has 0 saturated carbocycles. The van der Waals surface area contributed by atoms with Crippen molar-refractivity contribution >= 4 is 11.4 Å². The number of methoxy groups -OCH3 is 1. The van der Waals surface area contributed by atoms with Gasteiger partial charge in [0.2, 0.25) is 5.88 Å². The van der Waals surface area contributed by atoms with Crippen molar-refractivity contribution in [3.63, 3.8) is 0 Å². The molecule has 0 atom stereocenters. The Kier molecular flexibility index (Phi) is 6.07. The fourth-order valence-corrected chi connectivity index (χ4v) is 2.18. The molecule has 0 bridgehead atoms. The van der Waals surface area contributed by atoms with Crippen LogP contribution in [0.3, 0.4) is 0 Å². The Balaban J connectivity index is 3.01. The molecule has 1 aromatic heterocycles. The van der Waals surface area contributed by atoms with E-state index < -0.39 is 0 Å². The van der Waals surface area contributed by atoms with E-state index in [0.717, 1.165) is 24.2 Å². The third-order valence-corrected chi connectivity index (χ3v) is 4.04. The van der Waals surface area contributed by atoms with Crippen molar-refractivity contribution < 1.29 is 9.84 Å². The van der Waals surface area contributed by atoms with Crippen molar-refractivity contribution in [1.82, 2.24) is 4.98 Å². The minimum absolute atomic E-state index is 0.107. The third kappa shape index (κ3) is 3.54. The highest BCUT2D eigenvalue weighted by molar-refractivity contribution is 5.74. The van der Waals surface area contributed by atoms with Gasteiger partial charge in [-0.3, -0.25) is 0 Å². The number of aliphatic hydroxyl groups excluding tert-OH is 1. The van der Waals surface area contributed by atoms with E-state index in [1.54, 1.807) is 13.3 Å². The molecule has 114 valence electrons. The highest BCUT2D eigenvalue weighted by atomic mass is 16.5. The van der Waals surface area contributed by atoms with Gasteiger partial charge in [-0.25, -0.2) is 4.98 Å². The average molecular weight is 281 g/mol. The topological polar surface area (TPSA) is 57.6 Å². The average Bonchev–Trinajstić information content (AvgIpc) is 2.48. The van der Waals surface area contributed by atoms with Gasteiger partial charge in [-0.1, -0.05) is 13.8 Å². The van der Waals surface area contributed by atoms with Gasteiger partial charge in [0.05, 0.1) is 19.4 Å². The van der Waals surface area contributed by atoms with Crippen LogP contribution in [-0.4, -0.2) is 44.4 Å². The van der Waals surface area contributed by atoms with Crippen molar-refractivity contribution in [2.45, 2.75) is 26.7 Å². The molecule has 20 heavy (non-hydrogen) atoms. The minimum Gasteiger partial charge on any atom is -0.479 e. The number of rotatable bonds is 8. The van der Waals surface area contributed by atoms with Gasteiger partial charge in [0.15, 0.2) is 0 Å². The number of nitrogens with one attached hydrogen (secondary N) is 1. The van der Waals surface area contributed by atoms with E-state index >= 15 is 0 Å². The second kappa shape index (κ2) is 7.33. The highest BCUT2D eigenvalue weighted by Crippen LogP contribution is 2.34. The third-order valence-electron chi connectivity index (χ3n) is 4.04. The van der Waals surface area contributed by atoms with E-state index in [2.05, 4.69) is 24.1 Å². The smallest absolute Gasteiger partial charge is 0.239 e. The Labute approximate surface area is 122 Å². The first-order valence-corrected chi connectivity index (χ1v) is 7.08. The van der Waals surface area contributed by atoms with Crippen LogP contribution in [-0.2, 0) is 0 Å². The standard InChI is InChI=1S/C15H27N3O2/c1-6-15(7-2,11-19)10-17-13-12(18(3)4)8-9-16-14(13)20-5/h8-9,17,19H,6-7,10-11H2,1-5H3. The van der Waals surface area contributed by atoms with Crippen molar-refractivity contribution in [3.05, 3.63) is 12.3 Å². The number of aromatic nitrogens is 1. The van der Waals surface area contributed by atoms with Crippen LogP contribution >= 0.6 is 0 Å². The summed E-state index contributed by atoms with van der Waals surface area (Å²) in [4.78, 5) is 6.26. The van der Waals surface area contributed by atoms with Crippen LogP contribution in [0.15, 0.2) is 12.3 Å². The van der Waals surface area contributed by atoms with Crippen LogP contribution < -0.4 is 15.0 Å². The highest BCUT2D eigenvalue weighted by Gasteiger charge is 2.26. The van der Waals surface area contributed by atoms with Crippen molar-refractivity contribution in [2.75, 3.05) is 44.6 Å². The predicted octanol–water partition coefficient (Wildman–Crippen LogP) is 2.37. The Morgan fingerprint density at radius 2 is 2.00 bits per heavy atom. The molecule has 0 amide bonds. The summed E-state index contributed by atoms with van der Waals surface area (Å²) in [5, 5.41) is 13.1. The van der Waals surface area contributed by atoms with Gasteiger partial charge in [0.25, 0.3) is 0 Å². The normalized spacial score (nSPS) is 11.3. The van der Waals surface area contributed by atoms with Crippen LogP contribution in [0.5, 0.6) is 5.88 Å². The van der Waals surface area contributed by atoms with Crippen molar-refractivity contribution in [2.24, 2.45) is 5.41 Å². The quantitative estimate of drug-likeness (QED) is 0.766. The van der Waals surface area contributed by atoms with Crippen LogP contribution in [0.4, 0.5) is 11.4 Å². The lowest BCUT2D eigenvalue weighted by molar-refractivity contribution is 0.127. The molecule has 0 aliphatic heterocycles. The summed E-state index contributed by atoms with van der Waals surface area (Å²) in [6, 6.07) is 1.95. The first-order chi connectivity index (χ1) is 9.53. The lowest BCUT2D eigenvalue weighted by Gasteiger charge is -2.31. The molecule has 0 saturated heterocycles. The Morgan fingerprint density at radius 1 is 1.35 bits per heavy atom. The van der Waals surface area contributed by atoms with Crippen LogP contribution in [0.25, 0.3) is 0 Å². The zero-order valence-electron chi connectivity index (χ0n) is 13.2. The molecule has 0 spiro atoms. The second-order valence-corrected chi connectivity index (χ2v) is 5.33. The first kappa shape index (κ1) is 16.6. The van der Waals surface area contributed by atoms with Crippen molar-refractivity contribution in [3.8, 4) is 5.88 Å². The molecule has 0 aliphatic carbocycles. The SMILES string of the molecule is CCC(CC)(CO)CNc1c(N(C)C)ccnc1OC. The first-order valence-electron chi connectivity index (χ1n) is 7.08. The molecule has 1 heterocycles. The van der Waals surface area contributed by atoms with Crippen LogP contribution in [0, 0.1) is 5.41 Å². The molecule has 0 radical (unpaired) electrons. The second-order valence-electron chi connectivity index (χ2n) is 5.33. The summed E-state index contributed by atoms with van der Waals surface area (Å²) in [6.07, 6.45) is 3.58. The largest absolute Gasteiger partial charge is 0.479 e. The van der Waals surface area contributed by atoms with E-state index in [1.807, 2.05) is 25.1 Å². The molecule has 0 fully saturated rings. The number of nitrogens with zero attached hydrogens (tertiary/aromatic N) is 2. The minimum atomic E-state index is -0.107. The Morgan fingerprint density at radius 3 is 2.45 bits per heavy atom. The summed E-state index contributed by atoms with van der Waals surface area (Å²) in [7, 11) is 5.59. The molecule has 0 aromatic carbocycles. The zero-order valence-corrected chi connectivity index (χ0v) is 13.2. The van der Waals surface area contributed by atoms with Gasteiger partial charge in [-0.2, -0.15) is 0 Å². The van der Waals surface area contributed by atoms with Crippen LogP contribution in [0.2, 0.25) is 0 Å². The zero-order chi connectivity index (χ0) is 15.2. The lowest BCUT2D eigenvalue weighted by atomic mass is 9.83. The maximum atomic E-state index is 9.66. The van der Waals surface area contributed by atoms with E-state index in [1.165, 1.54) is 0 Å². The molecule has 0 aliphatic rings. The lowest BCUT2D eigenvalue weighted by Crippen LogP contribution is -2.32. The fraction of sp³-hybridized carbons (Fsp3) is 0.667. The number of pyridine rings is 1. The molecule has 1 rings (SSSR count). The summed E-state index contributed by atoms with van der Waals surface area (Å²) in [6.45, 7) is 5.08. The van der Waals surface area contributed by atoms with Gasteiger partial charge < -0.3 is 20.1 Å². The monoisotopic (exact) mass is 281 g/mol. The van der Waals surface area contributed by atoms with E-state index in [9.17, 15) is 5.11 Å². The van der Waals surface area contributed by atoms with E-state index in [4.69, 9.17) is 4.74 Å². The number of anilines is 2. The summed E-state index contributed by atoms with van der Waals surface area (Å²) < 4.78 is 5.34. The van der Waals surface area contributed by atoms with Crippen LogP contribution in [0.1, 0.15) is 26.7 Å². The number of aliphatic hydroxyl groups is 1. The number of hydrogen-bond acceptors (Lipinski definition) is 5. The van der Waals surface area contributed by atoms with Gasteiger partial charge in [0, 0.05) is 32.3 Å². The molecule has 5 heteroatoms.